The monoisotopic (exact) mass is 295 g/mol. The van der Waals surface area contributed by atoms with E-state index < -0.39 is 0 Å². The Hall–Kier alpha value is -2.49. The van der Waals surface area contributed by atoms with Gasteiger partial charge >= 0.3 is 5.69 Å². The summed E-state index contributed by atoms with van der Waals surface area (Å²) in [6.07, 6.45) is 4.57. The van der Waals surface area contributed by atoms with Crippen molar-refractivity contribution in [3.63, 3.8) is 0 Å². The molecule has 1 heterocycles. The standard InChI is InChI=1S/C18H21N3O/c1-2-3-5-8-13-11-16-17(21-18(22)20-16)12-15(13)19-14-9-6-4-7-10-14/h4,6-7,9-12,19H,2-3,5,8H2,1H3,(H2,20,21,22). The first-order valence-corrected chi connectivity index (χ1v) is 7.83. The molecule has 1 aromatic heterocycles. The van der Waals surface area contributed by atoms with Gasteiger partial charge in [-0.15, -0.1) is 0 Å². The van der Waals surface area contributed by atoms with Gasteiger partial charge in [0, 0.05) is 11.4 Å². The number of anilines is 2. The molecule has 4 heteroatoms. The topological polar surface area (TPSA) is 60.7 Å². The summed E-state index contributed by atoms with van der Waals surface area (Å²) in [6.45, 7) is 2.20. The van der Waals surface area contributed by atoms with Crippen LogP contribution in [0.2, 0.25) is 0 Å². The van der Waals surface area contributed by atoms with E-state index in [1.54, 1.807) is 0 Å². The second-order valence-electron chi connectivity index (χ2n) is 5.58. The first-order valence-electron chi connectivity index (χ1n) is 7.83. The number of imidazole rings is 1. The quantitative estimate of drug-likeness (QED) is 0.593. The van der Waals surface area contributed by atoms with E-state index in [9.17, 15) is 4.79 Å². The Morgan fingerprint density at radius 3 is 2.45 bits per heavy atom. The van der Waals surface area contributed by atoms with E-state index in [0.29, 0.717) is 0 Å². The lowest BCUT2D eigenvalue weighted by Crippen LogP contribution is -1.99. The molecule has 114 valence electrons. The highest BCUT2D eigenvalue weighted by molar-refractivity contribution is 5.82. The van der Waals surface area contributed by atoms with Gasteiger partial charge < -0.3 is 15.3 Å². The molecule has 0 fully saturated rings. The molecule has 0 radical (unpaired) electrons. The molecule has 0 bridgehead atoms. The zero-order valence-corrected chi connectivity index (χ0v) is 12.8. The summed E-state index contributed by atoms with van der Waals surface area (Å²) in [5.41, 5.74) is 4.89. The van der Waals surface area contributed by atoms with E-state index in [0.717, 1.165) is 35.2 Å². The first kappa shape index (κ1) is 14.4. The molecule has 0 amide bonds. The summed E-state index contributed by atoms with van der Waals surface area (Å²) in [5, 5.41) is 3.46. The van der Waals surface area contributed by atoms with Crippen molar-refractivity contribution >= 4 is 22.4 Å². The molecule has 22 heavy (non-hydrogen) atoms. The Balaban J connectivity index is 1.96. The largest absolute Gasteiger partial charge is 0.355 e. The van der Waals surface area contributed by atoms with Gasteiger partial charge in [-0.25, -0.2) is 4.79 Å². The Morgan fingerprint density at radius 1 is 1.00 bits per heavy atom. The van der Waals surface area contributed by atoms with Crippen molar-refractivity contribution in [1.82, 2.24) is 9.97 Å². The molecule has 2 aromatic carbocycles. The van der Waals surface area contributed by atoms with Gasteiger partial charge in [0.05, 0.1) is 11.0 Å². The van der Waals surface area contributed by atoms with Crippen molar-refractivity contribution in [3.05, 3.63) is 58.5 Å². The second-order valence-corrected chi connectivity index (χ2v) is 5.58. The minimum atomic E-state index is -0.161. The maximum absolute atomic E-state index is 11.5. The molecule has 0 aliphatic carbocycles. The van der Waals surface area contributed by atoms with E-state index in [1.165, 1.54) is 18.4 Å². The third-order valence-electron chi connectivity index (χ3n) is 3.84. The lowest BCUT2D eigenvalue weighted by Gasteiger charge is -2.12. The van der Waals surface area contributed by atoms with E-state index in [2.05, 4.69) is 28.3 Å². The van der Waals surface area contributed by atoms with Crippen molar-refractivity contribution in [2.75, 3.05) is 5.32 Å². The number of aryl methyl sites for hydroxylation is 1. The van der Waals surface area contributed by atoms with Crippen LogP contribution in [0, 0.1) is 0 Å². The minimum absolute atomic E-state index is 0.161. The number of unbranched alkanes of at least 4 members (excludes halogenated alkanes) is 2. The second kappa shape index (κ2) is 6.52. The molecule has 3 aromatic rings. The number of nitrogens with one attached hydrogen (secondary N) is 3. The highest BCUT2D eigenvalue weighted by Gasteiger charge is 2.08. The molecule has 0 saturated carbocycles. The van der Waals surface area contributed by atoms with Crippen molar-refractivity contribution in [1.29, 1.82) is 0 Å². The zero-order valence-electron chi connectivity index (χ0n) is 12.8. The summed E-state index contributed by atoms with van der Waals surface area (Å²) in [6, 6.07) is 14.2. The van der Waals surface area contributed by atoms with E-state index >= 15 is 0 Å². The van der Waals surface area contributed by atoms with Crippen molar-refractivity contribution in [2.24, 2.45) is 0 Å². The molecule has 3 rings (SSSR count). The average Bonchev–Trinajstić information content (AvgIpc) is 2.88. The molecule has 0 saturated heterocycles. The fourth-order valence-corrected chi connectivity index (χ4v) is 2.69. The number of H-pyrrole nitrogens is 2. The van der Waals surface area contributed by atoms with Crippen LogP contribution in [0.3, 0.4) is 0 Å². The highest BCUT2D eigenvalue weighted by atomic mass is 16.1. The number of fused-ring (bicyclic) bond motifs is 1. The third kappa shape index (κ3) is 3.22. The normalized spacial score (nSPS) is 11.0. The smallest absolute Gasteiger partial charge is 0.323 e. The fraction of sp³-hybridized carbons (Fsp3) is 0.278. The van der Waals surface area contributed by atoms with Crippen LogP contribution in [0.4, 0.5) is 11.4 Å². The van der Waals surface area contributed by atoms with E-state index in [1.807, 2.05) is 36.4 Å². The number of rotatable bonds is 6. The molecular formula is C18H21N3O. The first-order chi connectivity index (χ1) is 10.8. The lowest BCUT2D eigenvalue weighted by molar-refractivity contribution is 0.718. The van der Waals surface area contributed by atoms with Gasteiger partial charge in [0.2, 0.25) is 0 Å². The van der Waals surface area contributed by atoms with Crippen molar-refractivity contribution < 1.29 is 0 Å². The maximum atomic E-state index is 11.5. The molecule has 0 aliphatic rings. The number of aromatic amines is 2. The minimum Gasteiger partial charge on any atom is -0.355 e. The average molecular weight is 295 g/mol. The van der Waals surface area contributed by atoms with Gasteiger partial charge in [-0.05, 0) is 42.7 Å². The lowest BCUT2D eigenvalue weighted by atomic mass is 10.0. The summed E-state index contributed by atoms with van der Waals surface area (Å²) in [4.78, 5) is 17.2. The third-order valence-corrected chi connectivity index (χ3v) is 3.84. The summed E-state index contributed by atoms with van der Waals surface area (Å²) in [7, 11) is 0. The SMILES string of the molecule is CCCCCc1cc2[nH]c(=O)[nH]c2cc1Nc1ccccc1. The molecule has 0 unspecified atom stereocenters. The van der Waals surface area contributed by atoms with Crippen molar-refractivity contribution in [2.45, 2.75) is 32.6 Å². The van der Waals surface area contributed by atoms with Crippen LogP contribution in [-0.2, 0) is 6.42 Å². The van der Waals surface area contributed by atoms with Crippen LogP contribution in [0.25, 0.3) is 11.0 Å². The number of hydrogen-bond acceptors (Lipinski definition) is 2. The number of hydrogen-bond donors (Lipinski definition) is 3. The van der Waals surface area contributed by atoms with Gasteiger partial charge in [-0.2, -0.15) is 0 Å². The van der Waals surface area contributed by atoms with Crippen molar-refractivity contribution in [3.8, 4) is 0 Å². The predicted octanol–water partition coefficient (Wildman–Crippen LogP) is 4.33. The van der Waals surface area contributed by atoms with Crippen LogP contribution in [-0.4, -0.2) is 9.97 Å². The maximum Gasteiger partial charge on any atom is 0.323 e. The van der Waals surface area contributed by atoms with Crippen LogP contribution in [0.15, 0.2) is 47.3 Å². The summed E-state index contributed by atoms with van der Waals surface area (Å²) in [5.74, 6) is 0. The number of para-hydroxylation sites is 1. The van der Waals surface area contributed by atoms with Crippen LogP contribution < -0.4 is 11.0 Å². The van der Waals surface area contributed by atoms with Gasteiger partial charge in [-0.1, -0.05) is 38.0 Å². The fourth-order valence-electron chi connectivity index (χ4n) is 2.69. The summed E-state index contributed by atoms with van der Waals surface area (Å²) >= 11 is 0. The van der Waals surface area contributed by atoms with Gasteiger partial charge in [0.25, 0.3) is 0 Å². The van der Waals surface area contributed by atoms with Crippen LogP contribution in [0.1, 0.15) is 31.7 Å². The van der Waals surface area contributed by atoms with Gasteiger partial charge in [-0.3, -0.25) is 0 Å². The van der Waals surface area contributed by atoms with E-state index in [4.69, 9.17) is 0 Å². The zero-order chi connectivity index (χ0) is 15.4. The molecular weight excluding hydrogens is 274 g/mol. The summed E-state index contributed by atoms with van der Waals surface area (Å²) < 4.78 is 0. The van der Waals surface area contributed by atoms with Gasteiger partial charge in [0.1, 0.15) is 0 Å². The Kier molecular flexibility index (Phi) is 4.28. The van der Waals surface area contributed by atoms with Crippen LogP contribution in [0.5, 0.6) is 0 Å². The number of benzene rings is 2. The predicted molar refractivity (Wildman–Crippen MR) is 91.9 cm³/mol. The van der Waals surface area contributed by atoms with E-state index in [-0.39, 0.29) is 5.69 Å². The Bertz CT molecular complexity index is 802. The molecule has 0 aliphatic heterocycles. The molecule has 0 spiro atoms. The molecule has 3 N–H and O–H groups in total. The Labute approximate surface area is 129 Å². The van der Waals surface area contributed by atoms with Crippen LogP contribution >= 0.6 is 0 Å². The number of aromatic nitrogens is 2. The van der Waals surface area contributed by atoms with Gasteiger partial charge in [0.15, 0.2) is 0 Å². The molecule has 4 nitrogen and oxygen atoms in total. The Morgan fingerprint density at radius 2 is 1.73 bits per heavy atom. The molecule has 0 atom stereocenters. The highest BCUT2D eigenvalue weighted by Crippen LogP contribution is 2.26.